The predicted octanol–water partition coefficient (Wildman–Crippen LogP) is 4.27. The average molecular weight is 437 g/mol. The first-order chi connectivity index (χ1) is 14.9. The molecular weight excluding hydrogens is 405 g/mol. The lowest BCUT2D eigenvalue weighted by Crippen LogP contribution is -2.38. The van der Waals surface area contributed by atoms with Gasteiger partial charge >= 0.3 is 6.18 Å². The summed E-state index contributed by atoms with van der Waals surface area (Å²) < 4.78 is 41.2. The fraction of sp³-hybridized carbons (Fsp3) is 0.591. The second-order valence-electron chi connectivity index (χ2n) is 7.85. The van der Waals surface area contributed by atoms with Gasteiger partial charge < -0.3 is 15.2 Å². The first kappa shape index (κ1) is 23.1. The highest BCUT2D eigenvalue weighted by Gasteiger charge is 2.30. The molecule has 0 fully saturated rings. The molecule has 0 aliphatic carbocycles. The second-order valence-corrected chi connectivity index (χ2v) is 7.85. The summed E-state index contributed by atoms with van der Waals surface area (Å²) in [5.74, 6) is 2.69. The highest BCUT2D eigenvalue weighted by molar-refractivity contribution is 5.80. The minimum Gasteiger partial charge on any atom is -0.357 e. The molecule has 2 aromatic rings. The Bertz CT molecular complexity index is 874. The molecule has 1 aromatic heterocycles. The largest absolute Gasteiger partial charge is 0.416 e. The topological polar surface area (TPSA) is 67.1 Å². The molecule has 1 atom stereocenters. The number of nitrogens with one attached hydrogen (secondary N) is 2. The second kappa shape index (κ2) is 10.6. The zero-order valence-corrected chi connectivity index (χ0v) is 18.2. The lowest BCUT2D eigenvalue weighted by atomic mass is 10.1. The van der Waals surface area contributed by atoms with Crippen LogP contribution >= 0.6 is 0 Å². The van der Waals surface area contributed by atoms with Crippen LogP contribution in [0.1, 0.15) is 68.3 Å². The fourth-order valence-corrected chi connectivity index (χ4v) is 3.75. The van der Waals surface area contributed by atoms with Gasteiger partial charge in [-0.05, 0) is 50.8 Å². The van der Waals surface area contributed by atoms with Crippen LogP contribution in [0, 0.1) is 0 Å². The SMILES string of the molecule is CCNC(=NCCCc1nnc2n1CCCCC2)NC(C)c1cccc(C(F)(F)F)c1. The Kier molecular flexibility index (Phi) is 7.92. The molecule has 0 saturated heterocycles. The normalized spacial score (nSPS) is 15.8. The van der Waals surface area contributed by atoms with Crippen LogP contribution in [0.5, 0.6) is 0 Å². The highest BCUT2D eigenvalue weighted by Crippen LogP contribution is 2.30. The van der Waals surface area contributed by atoms with Gasteiger partial charge in [0.25, 0.3) is 0 Å². The van der Waals surface area contributed by atoms with Crippen LogP contribution in [-0.4, -0.2) is 33.8 Å². The number of guanidine groups is 1. The number of benzene rings is 1. The van der Waals surface area contributed by atoms with Gasteiger partial charge in [-0.1, -0.05) is 18.6 Å². The molecule has 0 amide bonds. The third-order valence-corrected chi connectivity index (χ3v) is 5.43. The van der Waals surface area contributed by atoms with Crippen molar-refractivity contribution >= 4 is 5.96 Å². The number of rotatable bonds is 7. The van der Waals surface area contributed by atoms with Crippen molar-refractivity contribution in [2.24, 2.45) is 4.99 Å². The monoisotopic (exact) mass is 436 g/mol. The van der Waals surface area contributed by atoms with E-state index in [1.165, 1.54) is 25.0 Å². The van der Waals surface area contributed by atoms with Gasteiger partial charge in [0.05, 0.1) is 11.6 Å². The van der Waals surface area contributed by atoms with Crippen molar-refractivity contribution in [3.8, 4) is 0 Å². The van der Waals surface area contributed by atoms with E-state index in [0.717, 1.165) is 49.9 Å². The number of aryl methyl sites for hydroxylation is 2. The summed E-state index contributed by atoms with van der Waals surface area (Å²) in [4.78, 5) is 4.59. The van der Waals surface area contributed by atoms with Crippen LogP contribution in [0.25, 0.3) is 0 Å². The number of nitrogens with zero attached hydrogens (tertiary/aromatic N) is 4. The summed E-state index contributed by atoms with van der Waals surface area (Å²) in [5.41, 5.74) is -0.0837. The quantitative estimate of drug-likeness (QED) is 0.386. The van der Waals surface area contributed by atoms with E-state index >= 15 is 0 Å². The van der Waals surface area contributed by atoms with Crippen molar-refractivity contribution in [1.29, 1.82) is 0 Å². The Labute approximate surface area is 181 Å². The van der Waals surface area contributed by atoms with E-state index in [9.17, 15) is 13.2 Å². The number of fused-ring (bicyclic) bond motifs is 1. The number of alkyl halides is 3. The van der Waals surface area contributed by atoms with Crippen LogP contribution < -0.4 is 10.6 Å². The van der Waals surface area contributed by atoms with E-state index in [4.69, 9.17) is 0 Å². The third-order valence-electron chi connectivity index (χ3n) is 5.43. The van der Waals surface area contributed by atoms with E-state index in [-0.39, 0.29) is 6.04 Å². The van der Waals surface area contributed by atoms with Gasteiger partial charge in [-0.15, -0.1) is 10.2 Å². The van der Waals surface area contributed by atoms with Crippen molar-refractivity contribution in [2.45, 2.75) is 71.1 Å². The first-order valence-corrected chi connectivity index (χ1v) is 11.0. The lowest BCUT2D eigenvalue weighted by Gasteiger charge is -2.19. The van der Waals surface area contributed by atoms with Crippen molar-refractivity contribution in [1.82, 2.24) is 25.4 Å². The summed E-state index contributed by atoms with van der Waals surface area (Å²) in [6, 6.07) is 5.07. The van der Waals surface area contributed by atoms with Gasteiger partial charge in [0.2, 0.25) is 0 Å². The number of aliphatic imine (C=N–C) groups is 1. The third kappa shape index (κ3) is 6.45. The van der Waals surface area contributed by atoms with Gasteiger partial charge in [-0.3, -0.25) is 4.99 Å². The standard InChI is InChI=1S/C22H31F3N6/c1-3-26-21(28-16(2)17-9-7-10-18(15-17)22(23,24)25)27-13-8-12-20-30-29-19-11-5-4-6-14-31(19)20/h7,9-10,15-16H,3-6,8,11-14H2,1-2H3,(H2,26,27,28). The van der Waals surface area contributed by atoms with Gasteiger partial charge in [0, 0.05) is 32.5 Å². The minimum absolute atomic E-state index is 0.313. The average Bonchev–Trinajstić information content (AvgIpc) is 2.96. The Hall–Kier alpha value is -2.58. The Morgan fingerprint density at radius 1 is 1.23 bits per heavy atom. The Morgan fingerprint density at radius 2 is 2.06 bits per heavy atom. The van der Waals surface area contributed by atoms with Crippen LogP contribution in [0.3, 0.4) is 0 Å². The smallest absolute Gasteiger partial charge is 0.357 e. The van der Waals surface area contributed by atoms with E-state index in [0.29, 0.717) is 24.6 Å². The summed E-state index contributed by atoms with van der Waals surface area (Å²) in [5, 5.41) is 15.0. The van der Waals surface area contributed by atoms with Crippen molar-refractivity contribution in [3.63, 3.8) is 0 Å². The maximum Gasteiger partial charge on any atom is 0.416 e. The fourth-order valence-electron chi connectivity index (χ4n) is 3.75. The molecule has 2 heterocycles. The molecule has 31 heavy (non-hydrogen) atoms. The maximum absolute atomic E-state index is 13.0. The molecule has 0 bridgehead atoms. The van der Waals surface area contributed by atoms with Crippen molar-refractivity contribution < 1.29 is 13.2 Å². The van der Waals surface area contributed by atoms with Gasteiger partial charge in [-0.25, -0.2) is 0 Å². The highest BCUT2D eigenvalue weighted by atomic mass is 19.4. The van der Waals surface area contributed by atoms with Crippen molar-refractivity contribution in [3.05, 3.63) is 47.0 Å². The van der Waals surface area contributed by atoms with Crippen LogP contribution in [0.2, 0.25) is 0 Å². The van der Waals surface area contributed by atoms with Crippen LogP contribution in [0.15, 0.2) is 29.3 Å². The summed E-state index contributed by atoms with van der Waals surface area (Å²) in [6.07, 6.45) is 1.84. The zero-order valence-electron chi connectivity index (χ0n) is 18.2. The molecular formula is C22H31F3N6. The lowest BCUT2D eigenvalue weighted by molar-refractivity contribution is -0.137. The van der Waals surface area contributed by atoms with Gasteiger partial charge in [0.15, 0.2) is 5.96 Å². The molecule has 1 aromatic carbocycles. The van der Waals surface area contributed by atoms with Gasteiger partial charge in [-0.2, -0.15) is 13.2 Å². The summed E-state index contributed by atoms with van der Waals surface area (Å²) in [7, 11) is 0. The first-order valence-electron chi connectivity index (χ1n) is 11.0. The molecule has 0 saturated carbocycles. The molecule has 170 valence electrons. The molecule has 1 aliphatic heterocycles. The van der Waals surface area contributed by atoms with E-state index in [2.05, 4.69) is 30.4 Å². The predicted molar refractivity (Wildman–Crippen MR) is 115 cm³/mol. The number of hydrogen-bond acceptors (Lipinski definition) is 3. The minimum atomic E-state index is -4.35. The molecule has 6 nitrogen and oxygen atoms in total. The number of halogens is 3. The molecule has 9 heteroatoms. The van der Waals surface area contributed by atoms with E-state index < -0.39 is 11.7 Å². The molecule has 0 spiro atoms. The zero-order chi connectivity index (χ0) is 22.3. The van der Waals surface area contributed by atoms with Gasteiger partial charge in [0.1, 0.15) is 11.6 Å². The Morgan fingerprint density at radius 3 is 2.84 bits per heavy atom. The summed E-state index contributed by atoms with van der Waals surface area (Å²) in [6.45, 7) is 6.02. The molecule has 0 radical (unpaired) electrons. The van der Waals surface area contributed by atoms with Crippen molar-refractivity contribution in [2.75, 3.05) is 13.1 Å². The van der Waals surface area contributed by atoms with Crippen LogP contribution in [-0.2, 0) is 25.6 Å². The van der Waals surface area contributed by atoms with E-state index in [1.54, 1.807) is 6.07 Å². The molecule has 2 N–H and O–H groups in total. The number of aromatic nitrogens is 3. The van der Waals surface area contributed by atoms with Crippen LogP contribution in [0.4, 0.5) is 13.2 Å². The Balaban J connectivity index is 1.57. The molecule has 1 aliphatic rings. The maximum atomic E-state index is 13.0. The summed E-state index contributed by atoms with van der Waals surface area (Å²) >= 11 is 0. The molecule has 3 rings (SSSR count). The number of hydrogen-bond donors (Lipinski definition) is 2. The van der Waals surface area contributed by atoms with E-state index in [1.807, 2.05) is 13.8 Å². The molecule has 1 unspecified atom stereocenters.